The highest BCUT2D eigenvalue weighted by molar-refractivity contribution is 5.86. The van der Waals surface area contributed by atoms with Gasteiger partial charge in [0.05, 0.1) is 6.54 Å². The first-order chi connectivity index (χ1) is 7.59. The van der Waals surface area contributed by atoms with E-state index in [1.165, 1.54) is 6.08 Å². The molecule has 0 atom stereocenters. The summed E-state index contributed by atoms with van der Waals surface area (Å²) in [6.45, 7) is 10.8. The van der Waals surface area contributed by atoms with Gasteiger partial charge in [0, 0.05) is 18.8 Å². The lowest BCUT2D eigenvalue weighted by Crippen LogP contribution is -2.07. The summed E-state index contributed by atoms with van der Waals surface area (Å²) in [5.74, 6) is -0.467. The molecule has 0 amide bonds. The molecule has 92 valence electrons. The van der Waals surface area contributed by atoms with Crippen LogP contribution in [-0.2, 0) is 19.1 Å². The molecule has 0 aromatic heterocycles. The minimum Gasteiger partial charge on any atom is -0.460 e. The topological polar surface area (TPSA) is 65.0 Å². The van der Waals surface area contributed by atoms with Crippen molar-refractivity contribution in [3.05, 3.63) is 12.2 Å². The average molecular weight is 229 g/mol. The Balaban J connectivity index is 0. The highest BCUT2D eigenvalue weighted by Gasteiger charge is 2.00. The monoisotopic (exact) mass is 229 g/mol. The predicted molar refractivity (Wildman–Crippen MR) is 60.9 cm³/mol. The first-order valence-corrected chi connectivity index (χ1v) is 5.04. The van der Waals surface area contributed by atoms with E-state index in [0.717, 1.165) is 13.2 Å². The fourth-order valence-corrected chi connectivity index (χ4v) is 0.557. The summed E-state index contributed by atoms with van der Waals surface area (Å²) >= 11 is 0. The lowest BCUT2D eigenvalue weighted by molar-refractivity contribution is -0.138. The molecular formula is C11H19NO4. The number of ether oxygens (including phenoxy) is 2. The predicted octanol–water partition coefficient (Wildman–Crippen LogP) is 1.48. The van der Waals surface area contributed by atoms with Gasteiger partial charge < -0.3 is 9.47 Å². The van der Waals surface area contributed by atoms with Crippen LogP contribution in [0.15, 0.2) is 17.1 Å². The maximum Gasteiger partial charge on any atom is 0.333 e. The fraction of sp³-hybridized carbons (Fsp3) is 0.636. The molecule has 0 saturated heterocycles. The molecule has 0 unspecified atom stereocenters. The summed E-state index contributed by atoms with van der Waals surface area (Å²) in [6, 6.07) is 0. The van der Waals surface area contributed by atoms with Crippen molar-refractivity contribution in [1.29, 1.82) is 0 Å². The Morgan fingerprint density at radius 2 is 1.94 bits per heavy atom. The van der Waals surface area contributed by atoms with Gasteiger partial charge in [-0.25, -0.2) is 14.6 Å². The quantitative estimate of drug-likeness (QED) is 0.227. The molecule has 0 bridgehead atoms. The summed E-state index contributed by atoms with van der Waals surface area (Å²) in [5, 5.41) is 0. The number of nitrogens with zero attached hydrogens (tertiary/aromatic N) is 1. The van der Waals surface area contributed by atoms with Crippen LogP contribution in [0.25, 0.3) is 0 Å². The van der Waals surface area contributed by atoms with Gasteiger partial charge in [0.1, 0.15) is 6.61 Å². The Bertz CT molecular complexity index is 242. The van der Waals surface area contributed by atoms with Gasteiger partial charge in [-0.3, -0.25) is 0 Å². The van der Waals surface area contributed by atoms with Crippen LogP contribution in [0, 0.1) is 0 Å². The van der Waals surface area contributed by atoms with E-state index >= 15 is 0 Å². The van der Waals surface area contributed by atoms with E-state index in [9.17, 15) is 9.59 Å². The van der Waals surface area contributed by atoms with Gasteiger partial charge >= 0.3 is 5.97 Å². The summed E-state index contributed by atoms with van der Waals surface area (Å²) in [6.07, 6.45) is 1.33. The Labute approximate surface area is 96.2 Å². The van der Waals surface area contributed by atoms with Crippen LogP contribution in [-0.4, -0.2) is 38.4 Å². The molecule has 0 aliphatic carbocycles. The number of aliphatic imine (C=N–C) groups is 1. The molecule has 0 fully saturated rings. The van der Waals surface area contributed by atoms with E-state index in [1.807, 2.05) is 13.8 Å². The number of carbonyl (C=O) groups excluding carboxylic acids is 2. The number of carbonyl (C=O) groups is 1. The molecule has 0 spiro atoms. The van der Waals surface area contributed by atoms with Crippen molar-refractivity contribution >= 4 is 12.0 Å². The molecule has 0 N–H and O–H groups in total. The molecule has 0 radical (unpaired) electrons. The molecular weight excluding hydrogens is 210 g/mol. The Morgan fingerprint density at radius 1 is 1.38 bits per heavy atom. The highest BCUT2D eigenvalue weighted by atomic mass is 16.5. The van der Waals surface area contributed by atoms with E-state index in [0.29, 0.717) is 5.57 Å². The van der Waals surface area contributed by atoms with E-state index in [4.69, 9.17) is 4.74 Å². The number of isocyanates is 1. The van der Waals surface area contributed by atoms with Crippen molar-refractivity contribution in [1.82, 2.24) is 0 Å². The Hall–Kier alpha value is -1.45. The summed E-state index contributed by atoms with van der Waals surface area (Å²) in [7, 11) is 0. The second-order valence-corrected chi connectivity index (χ2v) is 2.67. The third kappa shape index (κ3) is 15.0. The number of hydrogen-bond acceptors (Lipinski definition) is 5. The number of rotatable bonds is 6. The Morgan fingerprint density at radius 3 is 2.25 bits per heavy atom. The van der Waals surface area contributed by atoms with Crippen LogP contribution in [0.5, 0.6) is 0 Å². The standard InChI is InChI=1S/C7H9NO3.C4H10O/c1-6(2)7(10)11-4-3-8-5-9;1-3-5-4-2/h1,3-4H2,2H3;3-4H2,1-2H3. The molecule has 0 aliphatic heterocycles. The van der Waals surface area contributed by atoms with Gasteiger partial charge in [0.15, 0.2) is 0 Å². The minimum atomic E-state index is -0.467. The van der Waals surface area contributed by atoms with Crippen molar-refractivity contribution < 1.29 is 19.1 Å². The summed E-state index contributed by atoms with van der Waals surface area (Å²) < 4.78 is 9.43. The molecule has 0 rings (SSSR count). The lowest BCUT2D eigenvalue weighted by Gasteiger charge is -1.99. The largest absolute Gasteiger partial charge is 0.460 e. The van der Waals surface area contributed by atoms with Gasteiger partial charge in [0.25, 0.3) is 0 Å². The molecule has 0 saturated carbocycles. The SMILES string of the molecule is C=C(C)C(=O)OCCN=C=O.CCOCC. The zero-order valence-corrected chi connectivity index (χ0v) is 10.1. The van der Waals surface area contributed by atoms with Gasteiger partial charge in [-0.15, -0.1) is 0 Å². The van der Waals surface area contributed by atoms with Crippen LogP contribution in [0.3, 0.4) is 0 Å². The molecule has 0 aromatic carbocycles. The van der Waals surface area contributed by atoms with Gasteiger partial charge in [0.2, 0.25) is 6.08 Å². The van der Waals surface area contributed by atoms with E-state index in [1.54, 1.807) is 6.92 Å². The Kier molecular flexibility index (Phi) is 14.4. The van der Waals surface area contributed by atoms with Crippen molar-refractivity contribution in [2.75, 3.05) is 26.4 Å². The smallest absolute Gasteiger partial charge is 0.333 e. The third-order valence-corrected chi connectivity index (χ3v) is 1.26. The van der Waals surface area contributed by atoms with Crippen LogP contribution in [0.1, 0.15) is 20.8 Å². The van der Waals surface area contributed by atoms with Crippen molar-refractivity contribution in [3.8, 4) is 0 Å². The molecule has 0 heterocycles. The average Bonchev–Trinajstić information content (AvgIpc) is 2.26. The summed E-state index contributed by atoms with van der Waals surface area (Å²) in [4.78, 5) is 23.4. The van der Waals surface area contributed by atoms with Crippen LogP contribution < -0.4 is 0 Å². The molecule has 0 aromatic rings. The molecule has 0 aliphatic rings. The second-order valence-electron chi connectivity index (χ2n) is 2.67. The summed E-state index contributed by atoms with van der Waals surface area (Å²) in [5.41, 5.74) is 0.333. The normalized spacial score (nSPS) is 8.19. The number of esters is 1. The maximum atomic E-state index is 10.6. The van der Waals surface area contributed by atoms with Gasteiger partial charge in [-0.1, -0.05) is 6.58 Å². The number of hydrogen-bond donors (Lipinski definition) is 0. The van der Waals surface area contributed by atoms with E-state index in [-0.39, 0.29) is 13.2 Å². The van der Waals surface area contributed by atoms with Crippen LogP contribution in [0.2, 0.25) is 0 Å². The minimum absolute atomic E-state index is 0.0981. The van der Waals surface area contributed by atoms with Crippen molar-refractivity contribution in [2.24, 2.45) is 4.99 Å². The lowest BCUT2D eigenvalue weighted by atomic mass is 10.4. The van der Waals surface area contributed by atoms with E-state index in [2.05, 4.69) is 16.3 Å². The van der Waals surface area contributed by atoms with E-state index < -0.39 is 5.97 Å². The van der Waals surface area contributed by atoms with Crippen LogP contribution in [0.4, 0.5) is 0 Å². The third-order valence-electron chi connectivity index (χ3n) is 1.26. The molecule has 16 heavy (non-hydrogen) atoms. The molecule has 5 heteroatoms. The van der Waals surface area contributed by atoms with Gasteiger partial charge in [-0.2, -0.15) is 0 Å². The van der Waals surface area contributed by atoms with Crippen molar-refractivity contribution in [3.63, 3.8) is 0 Å². The van der Waals surface area contributed by atoms with Crippen molar-refractivity contribution in [2.45, 2.75) is 20.8 Å². The first-order valence-electron chi connectivity index (χ1n) is 5.04. The second kappa shape index (κ2) is 13.5. The first kappa shape index (κ1) is 17.0. The zero-order chi connectivity index (χ0) is 12.8. The maximum absolute atomic E-state index is 10.6. The zero-order valence-electron chi connectivity index (χ0n) is 10.1. The molecule has 5 nitrogen and oxygen atoms in total. The highest BCUT2D eigenvalue weighted by Crippen LogP contribution is 1.90. The fourth-order valence-electron chi connectivity index (χ4n) is 0.557. The van der Waals surface area contributed by atoms with Crippen LogP contribution >= 0.6 is 0 Å². The van der Waals surface area contributed by atoms with Gasteiger partial charge in [-0.05, 0) is 20.8 Å².